The van der Waals surface area contributed by atoms with Crippen LogP contribution in [0.5, 0.6) is 5.75 Å². The average molecular weight is 342 g/mol. The summed E-state index contributed by atoms with van der Waals surface area (Å²) in [7, 11) is 0.0587. The maximum absolute atomic E-state index is 12.1. The fourth-order valence-corrected chi connectivity index (χ4v) is 3.08. The minimum atomic E-state index is -3.53. The highest BCUT2D eigenvalue weighted by atomic mass is 32.2. The molecule has 1 saturated carbocycles. The van der Waals surface area contributed by atoms with E-state index in [0.29, 0.717) is 19.1 Å². The first-order chi connectivity index (χ1) is 10.8. The van der Waals surface area contributed by atoms with Crippen LogP contribution >= 0.6 is 0 Å². The predicted octanol–water partition coefficient (Wildman–Crippen LogP) is 1.48. The highest BCUT2D eigenvalue weighted by Gasteiger charge is 2.23. The number of benzene rings is 1. The van der Waals surface area contributed by atoms with Crippen molar-refractivity contribution >= 4 is 21.7 Å². The maximum atomic E-state index is 12.1. The molecule has 0 amide bonds. The van der Waals surface area contributed by atoms with E-state index in [2.05, 4.69) is 4.72 Å². The second-order valence-electron chi connectivity index (χ2n) is 5.99. The smallest absolute Gasteiger partial charge is 0.335 e. The van der Waals surface area contributed by atoms with Crippen molar-refractivity contribution in [1.82, 2.24) is 4.90 Å². The van der Waals surface area contributed by atoms with Crippen LogP contribution in [-0.2, 0) is 10.0 Å². The van der Waals surface area contributed by atoms with Gasteiger partial charge in [0.05, 0.1) is 23.6 Å². The van der Waals surface area contributed by atoms with Crippen molar-refractivity contribution in [2.45, 2.75) is 12.8 Å². The topological polar surface area (TPSA) is 95.9 Å². The zero-order valence-corrected chi connectivity index (χ0v) is 14.1. The zero-order valence-electron chi connectivity index (χ0n) is 13.3. The van der Waals surface area contributed by atoms with Crippen molar-refractivity contribution in [3.05, 3.63) is 23.8 Å². The molecule has 0 unspecified atom stereocenters. The van der Waals surface area contributed by atoms with Crippen LogP contribution in [-0.4, -0.2) is 57.4 Å². The van der Waals surface area contributed by atoms with Gasteiger partial charge in [-0.05, 0) is 51.1 Å². The van der Waals surface area contributed by atoms with Crippen LogP contribution in [0.4, 0.5) is 5.69 Å². The molecule has 2 N–H and O–H groups in total. The van der Waals surface area contributed by atoms with Gasteiger partial charge in [-0.1, -0.05) is 0 Å². The number of carbonyl (C=O) groups is 1. The van der Waals surface area contributed by atoms with Gasteiger partial charge in [0.2, 0.25) is 10.0 Å². The standard InChI is InChI=1S/C15H22N2O5S/c1-17(2)7-8-23(20,21)16-13-6-5-12(15(18)19)9-14(13)22-10-11-3-4-11/h5-6,9,11,16H,3-4,7-8,10H2,1-2H3,(H,18,19). The van der Waals surface area contributed by atoms with Crippen molar-refractivity contribution in [2.75, 3.05) is 37.7 Å². The van der Waals surface area contributed by atoms with Crippen LogP contribution in [0.3, 0.4) is 0 Å². The quantitative estimate of drug-likeness (QED) is 0.706. The largest absolute Gasteiger partial charge is 0.491 e. The predicted molar refractivity (Wildman–Crippen MR) is 87.6 cm³/mol. The molecule has 0 heterocycles. The average Bonchev–Trinajstić information content (AvgIpc) is 3.28. The number of ether oxygens (including phenoxy) is 1. The van der Waals surface area contributed by atoms with E-state index in [4.69, 9.17) is 9.84 Å². The zero-order chi connectivity index (χ0) is 17.0. The molecule has 128 valence electrons. The van der Waals surface area contributed by atoms with Crippen LogP contribution in [0.25, 0.3) is 0 Å². The second-order valence-corrected chi connectivity index (χ2v) is 7.84. The van der Waals surface area contributed by atoms with Crippen molar-refractivity contribution in [3.63, 3.8) is 0 Å². The highest BCUT2D eigenvalue weighted by Crippen LogP contribution is 2.32. The number of nitrogens with one attached hydrogen (secondary N) is 1. The normalized spacial score (nSPS) is 14.7. The monoisotopic (exact) mass is 342 g/mol. The lowest BCUT2D eigenvalue weighted by atomic mass is 10.2. The number of anilines is 1. The molecule has 1 aromatic carbocycles. The van der Waals surface area contributed by atoms with E-state index in [-0.39, 0.29) is 22.8 Å². The fraction of sp³-hybridized carbons (Fsp3) is 0.533. The Morgan fingerprint density at radius 1 is 1.39 bits per heavy atom. The molecule has 0 spiro atoms. The molecule has 1 aliphatic rings. The highest BCUT2D eigenvalue weighted by molar-refractivity contribution is 7.92. The Bertz CT molecular complexity index is 668. The molecule has 2 rings (SSSR count). The lowest BCUT2D eigenvalue weighted by Crippen LogP contribution is -2.26. The molecule has 1 fully saturated rings. The van der Waals surface area contributed by atoms with Crippen molar-refractivity contribution in [1.29, 1.82) is 0 Å². The van der Waals surface area contributed by atoms with Gasteiger partial charge in [-0.2, -0.15) is 0 Å². The molecule has 0 radical (unpaired) electrons. The Kier molecular flexibility index (Phi) is 5.48. The second kappa shape index (κ2) is 7.18. The van der Waals surface area contributed by atoms with Gasteiger partial charge in [0.25, 0.3) is 0 Å². The molecule has 1 aromatic rings. The Morgan fingerprint density at radius 3 is 2.65 bits per heavy atom. The van der Waals surface area contributed by atoms with Gasteiger partial charge in [-0.3, -0.25) is 4.72 Å². The molecular formula is C15H22N2O5S. The molecule has 0 atom stereocenters. The summed E-state index contributed by atoms with van der Waals surface area (Å²) in [5.74, 6) is -0.404. The van der Waals surface area contributed by atoms with E-state index >= 15 is 0 Å². The van der Waals surface area contributed by atoms with E-state index in [1.54, 1.807) is 19.0 Å². The van der Waals surface area contributed by atoms with Crippen LogP contribution in [0, 0.1) is 5.92 Å². The summed E-state index contributed by atoms with van der Waals surface area (Å²) in [6.45, 7) is 0.857. The molecule has 0 bridgehead atoms. The number of aromatic carboxylic acids is 1. The van der Waals surface area contributed by atoms with Crippen molar-refractivity contribution in [3.8, 4) is 5.75 Å². The third-order valence-corrected chi connectivity index (χ3v) is 4.72. The first-order valence-corrected chi connectivity index (χ1v) is 9.07. The Hall–Kier alpha value is -1.80. The summed E-state index contributed by atoms with van der Waals surface area (Å²) >= 11 is 0. The van der Waals surface area contributed by atoms with Gasteiger partial charge in [0, 0.05) is 6.54 Å². The van der Waals surface area contributed by atoms with Crippen LogP contribution in [0.15, 0.2) is 18.2 Å². The third kappa shape index (κ3) is 5.72. The third-order valence-electron chi connectivity index (χ3n) is 3.47. The van der Waals surface area contributed by atoms with Gasteiger partial charge >= 0.3 is 5.97 Å². The van der Waals surface area contributed by atoms with Crippen molar-refractivity contribution in [2.24, 2.45) is 5.92 Å². The number of hydrogen-bond acceptors (Lipinski definition) is 5. The Morgan fingerprint density at radius 2 is 2.09 bits per heavy atom. The molecule has 0 aromatic heterocycles. The summed E-state index contributed by atoms with van der Waals surface area (Å²) in [6.07, 6.45) is 2.17. The lowest BCUT2D eigenvalue weighted by molar-refractivity contribution is 0.0696. The van der Waals surface area contributed by atoms with Crippen LogP contribution in [0.1, 0.15) is 23.2 Å². The number of sulfonamides is 1. The molecule has 23 heavy (non-hydrogen) atoms. The summed E-state index contributed by atoms with van der Waals surface area (Å²) in [5.41, 5.74) is 0.335. The lowest BCUT2D eigenvalue weighted by Gasteiger charge is -2.15. The summed E-state index contributed by atoms with van der Waals surface area (Å²) in [6, 6.07) is 4.14. The van der Waals surface area contributed by atoms with Crippen LogP contribution in [0.2, 0.25) is 0 Å². The SMILES string of the molecule is CN(C)CCS(=O)(=O)Nc1ccc(C(=O)O)cc1OCC1CC1. The van der Waals surface area contributed by atoms with Crippen molar-refractivity contribution < 1.29 is 23.1 Å². The van der Waals surface area contributed by atoms with E-state index < -0.39 is 16.0 Å². The summed E-state index contributed by atoms with van der Waals surface area (Å²) < 4.78 is 32.3. The van der Waals surface area contributed by atoms with Gasteiger partial charge in [0.1, 0.15) is 5.75 Å². The first kappa shape index (κ1) is 17.6. The van der Waals surface area contributed by atoms with Gasteiger partial charge in [-0.15, -0.1) is 0 Å². The van der Waals surface area contributed by atoms with E-state index in [1.165, 1.54) is 18.2 Å². The van der Waals surface area contributed by atoms with E-state index in [0.717, 1.165) is 12.8 Å². The molecule has 0 saturated heterocycles. The fourth-order valence-electron chi connectivity index (χ4n) is 1.87. The Labute approximate surface area is 136 Å². The number of carboxylic acid groups (broad SMARTS) is 1. The van der Waals surface area contributed by atoms with Gasteiger partial charge in [0.15, 0.2) is 0 Å². The van der Waals surface area contributed by atoms with E-state index in [9.17, 15) is 13.2 Å². The van der Waals surface area contributed by atoms with Crippen LogP contribution < -0.4 is 9.46 Å². The minimum absolute atomic E-state index is 0.0528. The molecule has 1 aliphatic carbocycles. The minimum Gasteiger partial charge on any atom is -0.491 e. The Balaban J connectivity index is 2.16. The number of rotatable bonds is 9. The summed E-state index contributed by atoms with van der Waals surface area (Å²) in [4.78, 5) is 12.9. The maximum Gasteiger partial charge on any atom is 0.335 e. The number of hydrogen-bond donors (Lipinski definition) is 2. The van der Waals surface area contributed by atoms with Gasteiger partial charge < -0.3 is 14.7 Å². The number of nitrogens with zero attached hydrogens (tertiary/aromatic N) is 1. The molecule has 7 nitrogen and oxygen atoms in total. The summed E-state index contributed by atoms with van der Waals surface area (Å²) in [5, 5.41) is 9.07. The number of carboxylic acids is 1. The van der Waals surface area contributed by atoms with Gasteiger partial charge in [-0.25, -0.2) is 13.2 Å². The molecular weight excluding hydrogens is 320 g/mol. The molecule has 0 aliphatic heterocycles. The first-order valence-electron chi connectivity index (χ1n) is 7.42. The molecule has 8 heteroatoms. The van der Waals surface area contributed by atoms with E-state index in [1.807, 2.05) is 0 Å².